The van der Waals surface area contributed by atoms with Crippen LogP contribution in [0.1, 0.15) is 5.56 Å². The van der Waals surface area contributed by atoms with Crippen LogP contribution in [0.25, 0.3) is 10.9 Å². The first-order valence-corrected chi connectivity index (χ1v) is 4.96. The maximum absolute atomic E-state index is 13.7. The van der Waals surface area contributed by atoms with Crippen LogP contribution in [0, 0.1) is 5.82 Å². The Balaban J connectivity index is 2.65. The Labute approximate surface area is 88.9 Å². The van der Waals surface area contributed by atoms with E-state index in [2.05, 4.69) is 0 Å². The molecule has 1 aromatic heterocycles. The van der Waals surface area contributed by atoms with Crippen LogP contribution < -0.4 is 0 Å². The molecule has 0 aliphatic heterocycles. The summed E-state index contributed by atoms with van der Waals surface area (Å²) in [5, 5.41) is 0.744. The van der Waals surface area contributed by atoms with Gasteiger partial charge in [0.05, 0.1) is 5.52 Å². The van der Waals surface area contributed by atoms with Gasteiger partial charge < -0.3 is 9.47 Å². The molecular weight excluding hydrogens is 191 g/mol. The highest BCUT2D eigenvalue weighted by Gasteiger charge is 2.10. The van der Waals surface area contributed by atoms with Crippen molar-refractivity contribution in [3.8, 4) is 0 Å². The molecule has 0 radical (unpaired) electrons. The highest BCUT2D eigenvalue weighted by atomic mass is 19.1. The normalized spacial score (nSPS) is 11.5. The molecule has 0 fully saturated rings. The number of hydrogen-bond acceptors (Lipinski definition) is 1. The number of aromatic nitrogens is 1. The monoisotopic (exact) mass is 206 g/mol. The molecule has 0 saturated heterocycles. The molecule has 15 heavy (non-hydrogen) atoms. The molecule has 0 aliphatic rings. The van der Waals surface area contributed by atoms with Crippen LogP contribution in [0.3, 0.4) is 0 Å². The zero-order chi connectivity index (χ0) is 11.0. The lowest BCUT2D eigenvalue weighted by molar-refractivity contribution is 0.403. The molecule has 0 bridgehead atoms. The number of halogens is 1. The summed E-state index contributed by atoms with van der Waals surface area (Å²) in [4.78, 5) is 2.04. The molecule has 2 aromatic rings. The van der Waals surface area contributed by atoms with Crippen molar-refractivity contribution in [2.45, 2.75) is 6.54 Å². The van der Waals surface area contributed by atoms with Gasteiger partial charge in [-0.3, -0.25) is 0 Å². The average molecular weight is 206 g/mol. The Kier molecular flexibility index (Phi) is 2.49. The van der Waals surface area contributed by atoms with Crippen LogP contribution in [0.5, 0.6) is 0 Å². The van der Waals surface area contributed by atoms with E-state index in [1.54, 1.807) is 6.07 Å². The largest absolute Gasteiger partial charge is 0.350 e. The Morgan fingerprint density at radius 3 is 2.73 bits per heavy atom. The summed E-state index contributed by atoms with van der Waals surface area (Å²) in [6.07, 6.45) is 1.99. The van der Waals surface area contributed by atoms with E-state index in [0.717, 1.165) is 23.0 Å². The van der Waals surface area contributed by atoms with Gasteiger partial charge in [0, 0.05) is 25.2 Å². The lowest BCUT2D eigenvalue weighted by Crippen LogP contribution is -2.10. The first-order chi connectivity index (χ1) is 7.09. The predicted octanol–water partition coefficient (Wildman–Crippen LogP) is 2.38. The number of benzene rings is 1. The third-order valence-corrected chi connectivity index (χ3v) is 2.53. The van der Waals surface area contributed by atoms with Gasteiger partial charge in [-0.05, 0) is 31.8 Å². The minimum Gasteiger partial charge on any atom is -0.350 e. The first-order valence-electron chi connectivity index (χ1n) is 4.96. The number of hydrogen-bond donors (Lipinski definition) is 0. The van der Waals surface area contributed by atoms with E-state index in [0.29, 0.717) is 0 Å². The molecule has 3 heteroatoms. The van der Waals surface area contributed by atoms with Crippen molar-refractivity contribution >= 4 is 10.9 Å². The molecule has 0 atom stereocenters. The Morgan fingerprint density at radius 2 is 2.07 bits per heavy atom. The van der Waals surface area contributed by atoms with E-state index in [1.807, 2.05) is 42.9 Å². The summed E-state index contributed by atoms with van der Waals surface area (Å²) < 4.78 is 15.6. The summed E-state index contributed by atoms with van der Waals surface area (Å²) in [5.41, 5.74) is 1.99. The fraction of sp³-hybridized carbons (Fsp3) is 0.333. The standard InChI is InChI=1S/C12H15FN2/c1-14(2)7-9-8-15(3)11-6-4-5-10(13)12(9)11/h4-6,8H,7H2,1-3H3. The lowest BCUT2D eigenvalue weighted by atomic mass is 10.1. The van der Waals surface area contributed by atoms with Crippen LogP contribution in [0.2, 0.25) is 0 Å². The zero-order valence-corrected chi connectivity index (χ0v) is 9.29. The van der Waals surface area contributed by atoms with Crippen LogP contribution in [-0.2, 0) is 13.6 Å². The van der Waals surface area contributed by atoms with E-state index >= 15 is 0 Å². The maximum Gasteiger partial charge on any atom is 0.132 e. The van der Waals surface area contributed by atoms with Crippen molar-refractivity contribution in [2.24, 2.45) is 7.05 Å². The molecule has 0 aliphatic carbocycles. The van der Waals surface area contributed by atoms with Gasteiger partial charge in [0.25, 0.3) is 0 Å². The van der Waals surface area contributed by atoms with E-state index in [1.165, 1.54) is 6.07 Å². The topological polar surface area (TPSA) is 8.17 Å². The van der Waals surface area contributed by atoms with Crippen molar-refractivity contribution < 1.29 is 4.39 Å². The maximum atomic E-state index is 13.7. The quantitative estimate of drug-likeness (QED) is 0.732. The van der Waals surface area contributed by atoms with E-state index < -0.39 is 0 Å². The smallest absolute Gasteiger partial charge is 0.132 e. The number of fused-ring (bicyclic) bond motifs is 1. The van der Waals surface area contributed by atoms with Crippen molar-refractivity contribution in [1.29, 1.82) is 0 Å². The number of rotatable bonds is 2. The van der Waals surface area contributed by atoms with E-state index in [-0.39, 0.29) is 5.82 Å². The fourth-order valence-electron chi connectivity index (χ4n) is 1.95. The molecule has 0 N–H and O–H groups in total. The zero-order valence-electron chi connectivity index (χ0n) is 9.29. The second-order valence-electron chi connectivity index (χ2n) is 4.14. The van der Waals surface area contributed by atoms with Gasteiger partial charge in [-0.25, -0.2) is 4.39 Å². The summed E-state index contributed by atoms with van der Waals surface area (Å²) in [7, 11) is 5.92. The SMILES string of the molecule is CN(C)Cc1cn(C)c2cccc(F)c12. The molecule has 0 saturated carbocycles. The van der Waals surface area contributed by atoms with Gasteiger partial charge in [0.2, 0.25) is 0 Å². The highest BCUT2D eigenvalue weighted by Crippen LogP contribution is 2.24. The van der Waals surface area contributed by atoms with Crippen LogP contribution in [0.4, 0.5) is 4.39 Å². The van der Waals surface area contributed by atoms with Crippen LogP contribution in [-0.4, -0.2) is 23.6 Å². The Bertz CT molecular complexity index is 486. The van der Waals surface area contributed by atoms with Gasteiger partial charge in [0.15, 0.2) is 0 Å². The van der Waals surface area contributed by atoms with Gasteiger partial charge in [-0.1, -0.05) is 6.07 Å². The van der Waals surface area contributed by atoms with Gasteiger partial charge in [-0.15, -0.1) is 0 Å². The second-order valence-corrected chi connectivity index (χ2v) is 4.14. The summed E-state index contributed by atoms with van der Waals surface area (Å²) >= 11 is 0. The molecule has 80 valence electrons. The lowest BCUT2D eigenvalue weighted by Gasteiger charge is -2.07. The van der Waals surface area contributed by atoms with Crippen molar-refractivity contribution in [2.75, 3.05) is 14.1 Å². The second kappa shape index (κ2) is 3.66. The molecule has 0 spiro atoms. The average Bonchev–Trinajstić information content (AvgIpc) is 2.44. The molecule has 0 unspecified atom stereocenters. The predicted molar refractivity (Wildman–Crippen MR) is 60.3 cm³/mol. The number of nitrogens with zero attached hydrogens (tertiary/aromatic N) is 2. The molecule has 1 heterocycles. The third kappa shape index (κ3) is 1.75. The molecule has 0 amide bonds. The summed E-state index contributed by atoms with van der Waals surface area (Å²) in [6, 6.07) is 5.20. The Morgan fingerprint density at radius 1 is 1.33 bits per heavy atom. The molecule has 2 rings (SSSR count). The third-order valence-electron chi connectivity index (χ3n) is 2.53. The molecule has 1 aromatic carbocycles. The molecule has 2 nitrogen and oxygen atoms in total. The minimum absolute atomic E-state index is 0.134. The summed E-state index contributed by atoms with van der Waals surface area (Å²) in [6.45, 7) is 0.762. The van der Waals surface area contributed by atoms with Crippen LogP contribution in [0.15, 0.2) is 24.4 Å². The summed E-state index contributed by atoms with van der Waals surface area (Å²) in [5.74, 6) is -0.134. The molecular formula is C12H15FN2. The first kappa shape index (κ1) is 10.2. The minimum atomic E-state index is -0.134. The van der Waals surface area contributed by atoms with E-state index in [9.17, 15) is 4.39 Å². The van der Waals surface area contributed by atoms with Crippen molar-refractivity contribution in [1.82, 2.24) is 9.47 Å². The van der Waals surface area contributed by atoms with E-state index in [4.69, 9.17) is 0 Å². The van der Waals surface area contributed by atoms with Gasteiger partial charge in [-0.2, -0.15) is 0 Å². The van der Waals surface area contributed by atoms with Crippen molar-refractivity contribution in [3.05, 3.63) is 35.8 Å². The highest BCUT2D eigenvalue weighted by molar-refractivity contribution is 5.84. The fourth-order valence-corrected chi connectivity index (χ4v) is 1.95. The van der Waals surface area contributed by atoms with Crippen LogP contribution >= 0.6 is 0 Å². The Hall–Kier alpha value is -1.35. The van der Waals surface area contributed by atoms with Crippen molar-refractivity contribution in [3.63, 3.8) is 0 Å². The van der Waals surface area contributed by atoms with Gasteiger partial charge >= 0.3 is 0 Å². The van der Waals surface area contributed by atoms with Gasteiger partial charge in [0.1, 0.15) is 5.82 Å². The number of aryl methyl sites for hydroxylation is 1.